The van der Waals surface area contributed by atoms with Crippen molar-refractivity contribution in [3.8, 4) is 0 Å². The first-order chi connectivity index (χ1) is 16.1. The quantitative estimate of drug-likeness (QED) is 0.643. The first kappa shape index (κ1) is 22.6. The summed E-state index contributed by atoms with van der Waals surface area (Å²) in [6.45, 7) is 4.15. The number of amides is 1. The van der Waals surface area contributed by atoms with Gasteiger partial charge in [0.15, 0.2) is 0 Å². The number of nitrogens with one attached hydrogen (secondary N) is 1. The van der Waals surface area contributed by atoms with Crippen LogP contribution in [0.1, 0.15) is 53.7 Å². The number of rotatable bonds is 8. The molecule has 1 aromatic carbocycles. The first-order valence-corrected chi connectivity index (χ1v) is 12.5. The number of carbonyl (C=O) groups is 1. The van der Waals surface area contributed by atoms with Gasteiger partial charge in [-0.1, -0.05) is 24.3 Å². The predicted molar refractivity (Wildman–Crippen MR) is 126 cm³/mol. The average molecular weight is 453 g/mol. The highest BCUT2D eigenvalue weighted by molar-refractivity contribution is 5.92. The van der Waals surface area contributed by atoms with Crippen LogP contribution in [0.3, 0.4) is 0 Å². The van der Waals surface area contributed by atoms with Crippen LogP contribution >= 0.6 is 0 Å². The topological polar surface area (TPSA) is 79.6 Å². The molecule has 7 heteroatoms. The maximum Gasteiger partial charge on any atom is 0.274 e. The Morgan fingerprint density at radius 2 is 1.85 bits per heavy atom. The summed E-state index contributed by atoms with van der Waals surface area (Å²) in [5.74, 6) is 0.797. The summed E-state index contributed by atoms with van der Waals surface area (Å²) in [7, 11) is 0. The van der Waals surface area contributed by atoms with E-state index in [4.69, 9.17) is 9.84 Å². The monoisotopic (exact) mass is 452 g/mol. The van der Waals surface area contributed by atoms with E-state index in [1.807, 2.05) is 21.8 Å². The summed E-state index contributed by atoms with van der Waals surface area (Å²) < 4.78 is 8.32. The van der Waals surface area contributed by atoms with E-state index >= 15 is 0 Å². The molecule has 0 radical (unpaired) electrons. The Bertz CT molecular complexity index is 919. The van der Waals surface area contributed by atoms with E-state index in [0.29, 0.717) is 18.2 Å². The third-order valence-corrected chi connectivity index (χ3v) is 7.47. The zero-order valence-electron chi connectivity index (χ0n) is 19.4. The summed E-state index contributed by atoms with van der Waals surface area (Å²) >= 11 is 0. The molecule has 2 saturated heterocycles. The number of aliphatic hydroxyl groups excluding tert-OH is 1. The molecule has 3 aliphatic rings. The highest BCUT2D eigenvalue weighted by Crippen LogP contribution is 2.31. The second kappa shape index (κ2) is 9.95. The number of hydrogen-bond donors (Lipinski definition) is 2. The molecular formula is C26H36N4O3. The Balaban J connectivity index is 1.05. The lowest BCUT2D eigenvalue weighted by molar-refractivity contribution is -0.110. The predicted octanol–water partition coefficient (Wildman–Crippen LogP) is 2.42. The maximum absolute atomic E-state index is 12.9. The van der Waals surface area contributed by atoms with Crippen molar-refractivity contribution in [3.63, 3.8) is 0 Å². The van der Waals surface area contributed by atoms with Crippen LogP contribution in [0.5, 0.6) is 0 Å². The molecule has 1 saturated carbocycles. The van der Waals surface area contributed by atoms with Gasteiger partial charge < -0.3 is 20.1 Å². The number of likely N-dealkylation sites (tertiary alicyclic amines) is 1. The first-order valence-electron chi connectivity index (χ1n) is 12.5. The number of aliphatic hydroxyl groups is 1. The molecule has 3 heterocycles. The summed E-state index contributed by atoms with van der Waals surface area (Å²) in [6.07, 6.45) is 9.02. The number of aromatic nitrogens is 2. The molecule has 2 aromatic rings. The number of nitrogens with zero attached hydrogens (tertiary/aromatic N) is 3. The van der Waals surface area contributed by atoms with E-state index in [-0.39, 0.29) is 18.1 Å². The van der Waals surface area contributed by atoms with Crippen molar-refractivity contribution in [1.82, 2.24) is 20.0 Å². The van der Waals surface area contributed by atoms with Gasteiger partial charge in [0.25, 0.3) is 5.91 Å². The Morgan fingerprint density at radius 3 is 2.48 bits per heavy atom. The van der Waals surface area contributed by atoms with E-state index in [0.717, 1.165) is 64.4 Å². The molecule has 2 aliphatic heterocycles. The number of hydrogen-bond acceptors (Lipinski definition) is 5. The number of piperidine rings is 1. The van der Waals surface area contributed by atoms with E-state index in [9.17, 15) is 4.79 Å². The fourth-order valence-electron chi connectivity index (χ4n) is 4.99. The van der Waals surface area contributed by atoms with Crippen LogP contribution in [0.2, 0.25) is 0 Å². The SMILES string of the molecule is O=C(c1ccn(CC2CC2)n1)N1CCC2(CC1)CNC(CCc1ccc(CCO)cc1)CO2. The Hall–Kier alpha value is -2.22. The van der Waals surface area contributed by atoms with E-state index in [1.54, 1.807) is 0 Å². The van der Waals surface area contributed by atoms with Gasteiger partial charge in [0, 0.05) is 45.0 Å². The van der Waals surface area contributed by atoms with Crippen molar-refractivity contribution < 1.29 is 14.6 Å². The smallest absolute Gasteiger partial charge is 0.274 e. The van der Waals surface area contributed by atoms with Gasteiger partial charge in [-0.05, 0) is 68.1 Å². The molecule has 33 heavy (non-hydrogen) atoms. The van der Waals surface area contributed by atoms with Gasteiger partial charge in [0.1, 0.15) is 5.69 Å². The largest absolute Gasteiger partial charge is 0.396 e. The number of benzene rings is 1. The van der Waals surface area contributed by atoms with Crippen LogP contribution in [-0.4, -0.2) is 70.2 Å². The third kappa shape index (κ3) is 5.65. The zero-order chi connectivity index (χ0) is 22.7. The summed E-state index contributed by atoms with van der Waals surface area (Å²) in [5, 5.41) is 17.3. The minimum Gasteiger partial charge on any atom is -0.396 e. The molecule has 178 valence electrons. The Morgan fingerprint density at radius 1 is 1.12 bits per heavy atom. The van der Waals surface area contributed by atoms with Crippen molar-refractivity contribution in [2.24, 2.45) is 5.92 Å². The summed E-state index contributed by atoms with van der Waals surface area (Å²) in [5.41, 5.74) is 2.92. The van der Waals surface area contributed by atoms with Gasteiger partial charge in [0.2, 0.25) is 0 Å². The standard InChI is InChI=1S/C26H36N4O3/c31-16-10-21-3-1-20(2-4-21)7-8-23-18-33-26(19-27-23)11-14-29(15-12-26)25(32)24-9-13-30(28-24)17-22-5-6-22/h1-4,9,13,22-23,27,31H,5-8,10-12,14-19H2. The minimum absolute atomic E-state index is 0.0473. The van der Waals surface area contributed by atoms with Crippen LogP contribution < -0.4 is 5.32 Å². The molecule has 5 rings (SSSR count). The van der Waals surface area contributed by atoms with Crippen molar-refractivity contribution >= 4 is 5.91 Å². The van der Waals surface area contributed by atoms with Crippen molar-refractivity contribution in [1.29, 1.82) is 0 Å². The lowest BCUT2D eigenvalue weighted by Crippen LogP contribution is -2.59. The molecular weight excluding hydrogens is 416 g/mol. The third-order valence-electron chi connectivity index (χ3n) is 7.47. The number of aryl methyl sites for hydroxylation is 1. The van der Waals surface area contributed by atoms with E-state index < -0.39 is 0 Å². The van der Waals surface area contributed by atoms with Crippen LogP contribution in [0.15, 0.2) is 36.5 Å². The normalized spacial score (nSPS) is 22.6. The molecule has 1 aliphatic carbocycles. The van der Waals surface area contributed by atoms with Crippen LogP contribution in [-0.2, 0) is 24.1 Å². The molecule has 2 N–H and O–H groups in total. The fraction of sp³-hybridized carbons (Fsp3) is 0.615. The van der Waals surface area contributed by atoms with Crippen LogP contribution in [0.25, 0.3) is 0 Å². The maximum atomic E-state index is 12.9. The second-order valence-corrected chi connectivity index (χ2v) is 10.1. The van der Waals surface area contributed by atoms with Gasteiger partial charge in [-0.3, -0.25) is 9.48 Å². The zero-order valence-corrected chi connectivity index (χ0v) is 19.4. The van der Waals surface area contributed by atoms with Gasteiger partial charge in [0.05, 0.1) is 12.2 Å². The summed E-state index contributed by atoms with van der Waals surface area (Å²) in [6, 6.07) is 10.8. The number of carbonyl (C=O) groups excluding carboxylic acids is 1. The van der Waals surface area contributed by atoms with Gasteiger partial charge in [-0.15, -0.1) is 0 Å². The molecule has 1 aromatic heterocycles. The molecule has 7 nitrogen and oxygen atoms in total. The Kier molecular flexibility index (Phi) is 6.81. The molecule has 1 amide bonds. The number of ether oxygens (including phenoxy) is 1. The molecule has 0 bridgehead atoms. The van der Waals surface area contributed by atoms with E-state index in [1.165, 1.54) is 24.0 Å². The second-order valence-electron chi connectivity index (χ2n) is 10.1. The van der Waals surface area contributed by atoms with Crippen molar-refractivity contribution in [2.45, 2.75) is 63.1 Å². The minimum atomic E-state index is -0.148. The Labute approximate surface area is 196 Å². The molecule has 1 atom stereocenters. The van der Waals surface area contributed by atoms with Crippen molar-refractivity contribution in [2.75, 3.05) is 32.8 Å². The van der Waals surface area contributed by atoms with Gasteiger partial charge in [-0.25, -0.2) is 0 Å². The van der Waals surface area contributed by atoms with Crippen LogP contribution in [0, 0.1) is 5.92 Å². The van der Waals surface area contributed by atoms with Crippen LogP contribution in [0.4, 0.5) is 0 Å². The molecule has 1 spiro atoms. The summed E-state index contributed by atoms with van der Waals surface area (Å²) in [4.78, 5) is 14.8. The molecule has 3 fully saturated rings. The average Bonchev–Trinajstić information content (AvgIpc) is 3.54. The van der Waals surface area contributed by atoms with Gasteiger partial charge in [-0.2, -0.15) is 5.10 Å². The highest BCUT2D eigenvalue weighted by Gasteiger charge is 2.40. The van der Waals surface area contributed by atoms with Gasteiger partial charge >= 0.3 is 0 Å². The lowest BCUT2D eigenvalue weighted by Gasteiger charge is -2.46. The fourth-order valence-corrected chi connectivity index (χ4v) is 4.99. The molecule has 1 unspecified atom stereocenters. The lowest BCUT2D eigenvalue weighted by atomic mass is 9.88. The highest BCUT2D eigenvalue weighted by atomic mass is 16.5. The number of morpholine rings is 1. The van der Waals surface area contributed by atoms with E-state index in [2.05, 4.69) is 34.7 Å². The van der Waals surface area contributed by atoms with Crippen molar-refractivity contribution in [3.05, 3.63) is 53.3 Å².